The Hall–Kier alpha value is -2.95. The molecule has 7 nitrogen and oxygen atoms in total. The average molecular weight is 499 g/mol. The summed E-state index contributed by atoms with van der Waals surface area (Å²) >= 11 is 4.18. The molecule has 0 bridgehead atoms. The minimum atomic E-state index is -0.182. The van der Waals surface area contributed by atoms with Crippen LogP contribution in [0.3, 0.4) is 0 Å². The molecule has 2 amide bonds. The highest BCUT2D eigenvalue weighted by molar-refractivity contribution is 8.01. The summed E-state index contributed by atoms with van der Waals surface area (Å²) in [5, 5.41) is 8.09. The predicted octanol–water partition coefficient (Wildman–Crippen LogP) is 5.37. The number of nitrogens with zero attached hydrogens (tertiary/aromatic N) is 2. The molecule has 33 heavy (non-hydrogen) atoms. The van der Waals surface area contributed by atoms with Crippen molar-refractivity contribution in [1.29, 1.82) is 0 Å². The Morgan fingerprint density at radius 1 is 1.06 bits per heavy atom. The van der Waals surface area contributed by atoms with Crippen LogP contribution in [-0.4, -0.2) is 34.1 Å². The molecule has 2 N–H and O–H groups in total. The second-order valence-electron chi connectivity index (χ2n) is 7.11. The number of amides is 2. The Bertz CT molecular complexity index is 1270. The predicted molar refractivity (Wildman–Crippen MR) is 136 cm³/mol. The van der Waals surface area contributed by atoms with Crippen LogP contribution in [0.1, 0.15) is 18.2 Å². The zero-order valence-corrected chi connectivity index (χ0v) is 20.5. The van der Waals surface area contributed by atoms with Crippen LogP contribution in [0.5, 0.6) is 5.75 Å². The van der Waals surface area contributed by atoms with E-state index in [1.165, 1.54) is 34.4 Å². The number of carbonyl (C=O) groups is 2. The van der Waals surface area contributed by atoms with Gasteiger partial charge in [-0.2, -0.15) is 0 Å². The molecule has 0 fully saturated rings. The number of nitrogens with one attached hydrogen (secondary N) is 2. The van der Waals surface area contributed by atoms with E-state index >= 15 is 0 Å². The molecule has 2 aromatic heterocycles. The van der Waals surface area contributed by atoms with Gasteiger partial charge in [0.15, 0.2) is 9.47 Å². The van der Waals surface area contributed by atoms with E-state index in [9.17, 15) is 9.59 Å². The lowest BCUT2D eigenvalue weighted by Gasteiger charge is -2.04. The smallest absolute Gasteiger partial charge is 0.234 e. The zero-order valence-electron chi connectivity index (χ0n) is 18.1. The fourth-order valence-electron chi connectivity index (χ4n) is 2.94. The van der Waals surface area contributed by atoms with Crippen LogP contribution in [0.25, 0.3) is 10.2 Å². The normalized spacial score (nSPS) is 10.8. The first-order chi connectivity index (χ1) is 16.0. The zero-order chi connectivity index (χ0) is 23.2. The SMILES string of the molecule is CCOc1ccc2nc(NC(=O)Cc3csc(SCC(=O)Nc4ccc(C)cc4)n3)sc2c1. The molecule has 4 rings (SSSR count). The monoisotopic (exact) mass is 498 g/mol. The number of benzene rings is 2. The highest BCUT2D eigenvalue weighted by Crippen LogP contribution is 2.29. The van der Waals surface area contributed by atoms with Crippen LogP contribution < -0.4 is 15.4 Å². The molecule has 0 aliphatic carbocycles. The maximum atomic E-state index is 12.5. The molecule has 2 aromatic carbocycles. The van der Waals surface area contributed by atoms with Gasteiger partial charge in [-0.25, -0.2) is 9.97 Å². The van der Waals surface area contributed by atoms with Gasteiger partial charge in [-0.15, -0.1) is 11.3 Å². The number of hydrogen-bond acceptors (Lipinski definition) is 8. The third-order valence-corrected chi connectivity index (χ3v) is 7.46. The van der Waals surface area contributed by atoms with E-state index in [0.29, 0.717) is 17.4 Å². The van der Waals surface area contributed by atoms with Gasteiger partial charge in [0.2, 0.25) is 11.8 Å². The number of carbonyl (C=O) groups excluding carboxylic acids is 2. The van der Waals surface area contributed by atoms with E-state index in [2.05, 4.69) is 20.6 Å². The van der Waals surface area contributed by atoms with Gasteiger partial charge in [0.1, 0.15) is 5.75 Å². The minimum absolute atomic E-state index is 0.0957. The van der Waals surface area contributed by atoms with E-state index in [1.807, 2.05) is 61.7 Å². The van der Waals surface area contributed by atoms with Crippen molar-refractivity contribution in [3.05, 3.63) is 59.1 Å². The number of aromatic nitrogens is 2. The van der Waals surface area contributed by atoms with Crippen LogP contribution in [0.15, 0.2) is 52.2 Å². The fraction of sp³-hybridized carbons (Fsp3) is 0.217. The van der Waals surface area contributed by atoms with Crippen molar-refractivity contribution in [2.75, 3.05) is 23.0 Å². The fourth-order valence-corrected chi connectivity index (χ4v) is 5.50. The molecular weight excluding hydrogens is 476 g/mol. The Kier molecular flexibility index (Phi) is 7.58. The van der Waals surface area contributed by atoms with Crippen molar-refractivity contribution in [3.63, 3.8) is 0 Å². The molecule has 0 radical (unpaired) electrons. The van der Waals surface area contributed by atoms with Gasteiger partial charge in [0, 0.05) is 11.1 Å². The van der Waals surface area contributed by atoms with Gasteiger partial charge in [0.25, 0.3) is 0 Å². The highest BCUT2D eigenvalue weighted by atomic mass is 32.2. The van der Waals surface area contributed by atoms with Crippen molar-refractivity contribution in [2.45, 2.75) is 24.6 Å². The van der Waals surface area contributed by atoms with Crippen LogP contribution >= 0.6 is 34.4 Å². The molecule has 0 saturated carbocycles. The summed E-state index contributed by atoms with van der Waals surface area (Å²) in [6.45, 7) is 4.53. The average Bonchev–Trinajstić information content (AvgIpc) is 3.40. The van der Waals surface area contributed by atoms with Gasteiger partial charge in [-0.05, 0) is 44.2 Å². The Morgan fingerprint density at radius 3 is 2.67 bits per heavy atom. The summed E-state index contributed by atoms with van der Waals surface area (Å²) in [4.78, 5) is 33.5. The number of anilines is 2. The van der Waals surface area contributed by atoms with Crippen LogP contribution in [0, 0.1) is 6.92 Å². The Balaban J connectivity index is 1.27. The molecule has 4 aromatic rings. The molecule has 0 unspecified atom stereocenters. The van der Waals surface area contributed by atoms with Crippen LogP contribution in [0.2, 0.25) is 0 Å². The first kappa shape index (κ1) is 23.2. The summed E-state index contributed by atoms with van der Waals surface area (Å²) in [5.41, 5.74) is 3.39. The molecular formula is C23H22N4O3S3. The van der Waals surface area contributed by atoms with E-state index in [4.69, 9.17) is 4.74 Å². The number of thiazole rings is 2. The summed E-state index contributed by atoms with van der Waals surface area (Å²) in [7, 11) is 0. The van der Waals surface area contributed by atoms with E-state index in [1.54, 1.807) is 0 Å². The first-order valence-electron chi connectivity index (χ1n) is 10.3. The molecule has 0 saturated heterocycles. The summed E-state index contributed by atoms with van der Waals surface area (Å²) in [5.74, 6) is 0.758. The maximum absolute atomic E-state index is 12.5. The summed E-state index contributed by atoms with van der Waals surface area (Å²) in [6, 6.07) is 13.3. The quantitative estimate of drug-likeness (QED) is 0.301. The minimum Gasteiger partial charge on any atom is -0.494 e. The van der Waals surface area contributed by atoms with Gasteiger partial charge in [0.05, 0.1) is 34.7 Å². The maximum Gasteiger partial charge on any atom is 0.234 e. The number of aryl methyl sites for hydroxylation is 1. The van der Waals surface area contributed by atoms with Crippen molar-refractivity contribution in [2.24, 2.45) is 0 Å². The van der Waals surface area contributed by atoms with E-state index in [-0.39, 0.29) is 24.0 Å². The molecule has 170 valence electrons. The second kappa shape index (κ2) is 10.8. The molecule has 10 heteroatoms. The Morgan fingerprint density at radius 2 is 1.88 bits per heavy atom. The largest absolute Gasteiger partial charge is 0.494 e. The lowest BCUT2D eigenvalue weighted by molar-refractivity contribution is -0.116. The van der Waals surface area contributed by atoms with Gasteiger partial charge < -0.3 is 15.4 Å². The third-order valence-electron chi connectivity index (χ3n) is 4.45. The van der Waals surface area contributed by atoms with Crippen molar-refractivity contribution < 1.29 is 14.3 Å². The molecule has 0 aliphatic heterocycles. The molecule has 2 heterocycles. The molecule has 0 spiro atoms. The second-order valence-corrected chi connectivity index (χ2v) is 10.2. The van der Waals surface area contributed by atoms with Crippen molar-refractivity contribution >= 4 is 67.3 Å². The summed E-state index contributed by atoms with van der Waals surface area (Å²) < 4.78 is 7.21. The number of rotatable bonds is 9. The van der Waals surface area contributed by atoms with Crippen molar-refractivity contribution in [3.8, 4) is 5.75 Å². The van der Waals surface area contributed by atoms with Gasteiger partial charge >= 0.3 is 0 Å². The third kappa shape index (κ3) is 6.53. The van der Waals surface area contributed by atoms with Gasteiger partial charge in [-0.3, -0.25) is 9.59 Å². The lowest BCUT2D eigenvalue weighted by Crippen LogP contribution is -2.14. The standard InChI is InChI=1S/C23H22N4O3S3/c1-3-30-17-8-9-18-19(11-17)33-22(26-18)27-20(28)10-16-12-31-23(25-16)32-13-21(29)24-15-6-4-14(2)5-7-15/h4-9,11-12H,3,10,13H2,1-2H3,(H,24,29)(H,26,27,28). The number of ether oxygens (including phenoxy) is 1. The van der Waals surface area contributed by atoms with Crippen LogP contribution in [-0.2, 0) is 16.0 Å². The molecule has 0 aliphatic rings. The first-order valence-corrected chi connectivity index (χ1v) is 12.9. The number of hydrogen-bond donors (Lipinski definition) is 2. The highest BCUT2D eigenvalue weighted by Gasteiger charge is 2.13. The van der Waals surface area contributed by atoms with Crippen molar-refractivity contribution in [1.82, 2.24) is 9.97 Å². The number of fused-ring (bicyclic) bond motifs is 1. The van der Waals surface area contributed by atoms with Gasteiger partial charge in [-0.1, -0.05) is 40.8 Å². The summed E-state index contributed by atoms with van der Waals surface area (Å²) in [6.07, 6.45) is 0.146. The van der Waals surface area contributed by atoms with E-state index < -0.39 is 0 Å². The van der Waals surface area contributed by atoms with Crippen LogP contribution in [0.4, 0.5) is 10.8 Å². The lowest BCUT2D eigenvalue weighted by atomic mass is 10.2. The number of thioether (sulfide) groups is 1. The Labute approximate surface area is 203 Å². The topological polar surface area (TPSA) is 93.2 Å². The molecule has 0 atom stereocenters. The van der Waals surface area contributed by atoms with E-state index in [0.717, 1.165) is 31.6 Å².